The number of aliphatic hydroxyl groups excluding tert-OH is 1. The molecule has 0 atom stereocenters. The van der Waals surface area contributed by atoms with Crippen molar-refractivity contribution >= 4 is 11.7 Å². The molecule has 0 saturated carbocycles. The minimum atomic E-state index is -0.577. The molecule has 0 saturated heterocycles. The molecular formula is C17H14FNO4. The molecule has 1 aliphatic heterocycles. The zero-order chi connectivity index (χ0) is 16.6. The van der Waals surface area contributed by atoms with Gasteiger partial charge in [-0.2, -0.15) is 0 Å². The van der Waals surface area contributed by atoms with Crippen molar-refractivity contribution in [2.75, 3.05) is 13.6 Å². The highest BCUT2D eigenvalue weighted by Gasteiger charge is 2.33. The predicted octanol–water partition coefficient (Wildman–Crippen LogP) is 2.48. The highest BCUT2D eigenvalue weighted by molar-refractivity contribution is 6.14. The number of amides is 1. The van der Waals surface area contributed by atoms with Crippen molar-refractivity contribution in [1.82, 2.24) is 4.90 Å². The number of furan rings is 1. The van der Waals surface area contributed by atoms with E-state index in [-0.39, 0.29) is 23.7 Å². The highest BCUT2D eigenvalue weighted by atomic mass is 19.1. The van der Waals surface area contributed by atoms with E-state index in [1.807, 2.05) is 0 Å². The number of halogens is 1. The van der Waals surface area contributed by atoms with Crippen LogP contribution in [0, 0.1) is 5.82 Å². The van der Waals surface area contributed by atoms with Crippen LogP contribution in [-0.4, -0.2) is 35.3 Å². The first-order valence-electron chi connectivity index (χ1n) is 7.01. The van der Waals surface area contributed by atoms with Gasteiger partial charge in [-0.25, -0.2) is 4.39 Å². The second-order valence-electron chi connectivity index (χ2n) is 5.39. The molecule has 0 unspecified atom stereocenters. The molecule has 0 aliphatic carbocycles. The van der Waals surface area contributed by atoms with Crippen molar-refractivity contribution in [2.45, 2.75) is 6.42 Å². The molecular weight excluding hydrogens is 301 g/mol. The average molecular weight is 315 g/mol. The average Bonchev–Trinajstić information content (AvgIpc) is 3.10. The number of carbonyl (C=O) groups excluding carboxylic acids is 2. The molecule has 5 nitrogen and oxygen atoms in total. The summed E-state index contributed by atoms with van der Waals surface area (Å²) in [5.74, 6) is -1.34. The number of likely N-dealkylation sites (N-methyl/N-ethyl adjacent to an activating group) is 1. The summed E-state index contributed by atoms with van der Waals surface area (Å²) in [6.07, 6.45) is 0.414. The van der Waals surface area contributed by atoms with Crippen LogP contribution < -0.4 is 0 Å². The Morgan fingerprint density at radius 1 is 1.26 bits per heavy atom. The Balaban J connectivity index is 1.78. The lowest BCUT2D eigenvalue weighted by molar-refractivity contribution is -0.126. The fourth-order valence-corrected chi connectivity index (χ4v) is 2.42. The number of rotatable bonds is 4. The Morgan fingerprint density at radius 3 is 2.57 bits per heavy atom. The van der Waals surface area contributed by atoms with Crippen LogP contribution in [0.3, 0.4) is 0 Å². The normalized spacial score (nSPS) is 14.7. The van der Waals surface area contributed by atoms with Gasteiger partial charge in [0.1, 0.15) is 11.6 Å². The van der Waals surface area contributed by atoms with Crippen molar-refractivity contribution < 1.29 is 23.5 Å². The van der Waals surface area contributed by atoms with Gasteiger partial charge in [0.15, 0.2) is 11.5 Å². The maximum atomic E-state index is 12.9. The molecule has 1 N–H and O–H groups in total. The van der Waals surface area contributed by atoms with Crippen molar-refractivity contribution in [3.63, 3.8) is 0 Å². The van der Waals surface area contributed by atoms with Gasteiger partial charge >= 0.3 is 0 Å². The second kappa shape index (κ2) is 5.72. The summed E-state index contributed by atoms with van der Waals surface area (Å²) < 4.78 is 18.4. The number of Topliss-reactive ketones (excluding diaryl/α,β-unsaturated/α-hetero) is 1. The molecule has 3 rings (SSSR count). The molecule has 1 aromatic carbocycles. The zero-order valence-electron chi connectivity index (χ0n) is 12.4. The number of carbonyl (C=O) groups is 2. The lowest BCUT2D eigenvalue weighted by atomic mass is 10.1. The van der Waals surface area contributed by atoms with Crippen molar-refractivity contribution in [3.05, 3.63) is 70.6 Å². The van der Waals surface area contributed by atoms with Crippen molar-refractivity contribution in [1.29, 1.82) is 0 Å². The first kappa shape index (κ1) is 15.0. The largest absolute Gasteiger partial charge is 0.503 e. The molecule has 23 heavy (non-hydrogen) atoms. The van der Waals surface area contributed by atoms with Crippen molar-refractivity contribution in [2.24, 2.45) is 0 Å². The van der Waals surface area contributed by atoms with Crippen LogP contribution >= 0.6 is 0 Å². The summed E-state index contributed by atoms with van der Waals surface area (Å²) >= 11 is 0. The lowest BCUT2D eigenvalue weighted by Gasteiger charge is -2.06. The summed E-state index contributed by atoms with van der Waals surface area (Å²) in [4.78, 5) is 25.1. The van der Waals surface area contributed by atoms with E-state index >= 15 is 0 Å². The van der Waals surface area contributed by atoms with Gasteiger partial charge in [0.2, 0.25) is 5.78 Å². The summed E-state index contributed by atoms with van der Waals surface area (Å²) in [6.45, 7) is 0.0531. The van der Waals surface area contributed by atoms with E-state index in [1.54, 1.807) is 18.2 Å². The lowest BCUT2D eigenvalue weighted by Crippen LogP contribution is -2.22. The fourth-order valence-electron chi connectivity index (χ4n) is 2.42. The first-order valence-corrected chi connectivity index (χ1v) is 7.01. The van der Waals surface area contributed by atoms with E-state index in [0.717, 1.165) is 5.56 Å². The number of aliphatic hydroxyl groups is 1. The molecule has 118 valence electrons. The molecule has 0 fully saturated rings. The SMILES string of the molecule is CN1CC(C(=O)c2ccc(Cc3ccc(F)cc3)o2)=C(O)C1=O. The van der Waals surface area contributed by atoms with Crippen LogP contribution in [0.1, 0.15) is 21.9 Å². The Morgan fingerprint density at radius 2 is 1.96 bits per heavy atom. The van der Waals surface area contributed by atoms with Gasteiger partial charge in [-0.05, 0) is 29.8 Å². The van der Waals surface area contributed by atoms with E-state index in [4.69, 9.17) is 4.42 Å². The molecule has 2 heterocycles. The Bertz CT molecular complexity index is 804. The van der Waals surface area contributed by atoms with E-state index in [2.05, 4.69) is 0 Å². The Kier molecular flexibility index (Phi) is 3.73. The second-order valence-corrected chi connectivity index (χ2v) is 5.39. The van der Waals surface area contributed by atoms with E-state index < -0.39 is 17.4 Å². The third kappa shape index (κ3) is 2.88. The highest BCUT2D eigenvalue weighted by Crippen LogP contribution is 2.22. The van der Waals surface area contributed by atoms with Gasteiger partial charge in [-0.15, -0.1) is 0 Å². The molecule has 0 spiro atoms. The van der Waals surface area contributed by atoms with E-state index in [0.29, 0.717) is 12.2 Å². The molecule has 0 radical (unpaired) electrons. The van der Waals surface area contributed by atoms with Crippen LogP contribution in [0.5, 0.6) is 0 Å². The summed E-state index contributed by atoms with van der Waals surface area (Å²) in [6, 6.07) is 9.13. The minimum absolute atomic E-state index is 0.0279. The molecule has 0 bridgehead atoms. The number of hydrogen-bond acceptors (Lipinski definition) is 4. The van der Waals surface area contributed by atoms with E-state index in [9.17, 15) is 19.1 Å². The number of ketones is 1. The quantitative estimate of drug-likeness (QED) is 0.880. The molecule has 1 aliphatic rings. The monoisotopic (exact) mass is 315 g/mol. The van der Waals surface area contributed by atoms with Gasteiger partial charge < -0.3 is 14.4 Å². The topological polar surface area (TPSA) is 70.8 Å². The maximum Gasteiger partial charge on any atom is 0.289 e. The van der Waals surface area contributed by atoms with Crippen LogP contribution in [0.25, 0.3) is 0 Å². The predicted molar refractivity (Wildman–Crippen MR) is 79.5 cm³/mol. The molecule has 1 amide bonds. The third-order valence-corrected chi connectivity index (χ3v) is 3.68. The van der Waals surface area contributed by atoms with E-state index in [1.165, 1.54) is 30.1 Å². The number of hydrogen-bond donors (Lipinski definition) is 1. The van der Waals surface area contributed by atoms with Crippen LogP contribution in [0.15, 0.2) is 52.1 Å². The third-order valence-electron chi connectivity index (χ3n) is 3.68. The Labute approximate surface area is 131 Å². The van der Waals surface area contributed by atoms with Crippen LogP contribution in [-0.2, 0) is 11.2 Å². The summed E-state index contributed by atoms with van der Waals surface area (Å²) in [5, 5.41) is 9.72. The van der Waals surface area contributed by atoms with Gasteiger partial charge in [-0.1, -0.05) is 12.1 Å². The van der Waals surface area contributed by atoms with Crippen LogP contribution in [0.2, 0.25) is 0 Å². The summed E-state index contributed by atoms with van der Waals surface area (Å²) in [7, 11) is 1.50. The number of nitrogens with zero attached hydrogens (tertiary/aromatic N) is 1. The molecule has 2 aromatic rings. The summed E-state index contributed by atoms with van der Waals surface area (Å²) in [5.41, 5.74) is 0.873. The minimum Gasteiger partial charge on any atom is -0.503 e. The van der Waals surface area contributed by atoms with Crippen molar-refractivity contribution in [3.8, 4) is 0 Å². The van der Waals surface area contributed by atoms with Gasteiger partial charge in [0.05, 0.1) is 12.1 Å². The fraction of sp³-hybridized carbons (Fsp3) is 0.176. The molecule has 1 aromatic heterocycles. The van der Waals surface area contributed by atoms with Crippen LogP contribution in [0.4, 0.5) is 4.39 Å². The van der Waals surface area contributed by atoms with Gasteiger partial charge in [0, 0.05) is 13.5 Å². The Hall–Kier alpha value is -2.89. The van der Waals surface area contributed by atoms with Gasteiger partial charge in [0.25, 0.3) is 5.91 Å². The first-order chi connectivity index (χ1) is 11.0. The number of benzene rings is 1. The van der Waals surface area contributed by atoms with Gasteiger partial charge in [-0.3, -0.25) is 9.59 Å². The smallest absolute Gasteiger partial charge is 0.289 e. The molecule has 6 heteroatoms. The zero-order valence-corrected chi connectivity index (χ0v) is 12.4. The maximum absolute atomic E-state index is 12.9. The standard InChI is InChI=1S/C17H14FNO4/c1-19-9-13(16(21)17(19)22)15(20)14-7-6-12(23-14)8-10-2-4-11(18)5-3-10/h2-7,21H,8-9H2,1H3.